The van der Waals surface area contributed by atoms with Crippen LogP contribution in [0.5, 0.6) is 11.5 Å². The second kappa shape index (κ2) is 8.91. The molecule has 27 heavy (non-hydrogen) atoms. The van der Waals surface area contributed by atoms with Gasteiger partial charge in [0.05, 0.1) is 20.4 Å². The molecule has 1 saturated heterocycles. The molecule has 2 aliphatic rings. The number of esters is 1. The van der Waals surface area contributed by atoms with Crippen LogP contribution in [0.2, 0.25) is 0 Å². The molecule has 0 radical (unpaired) electrons. The lowest BCUT2D eigenvalue weighted by Gasteiger charge is -2.46. The number of rotatable bonds is 7. The van der Waals surface area contributed by atoms with Crippen LogP contribution in [0.1, 0.15) is 50.3 Å². The molecular weight excluding hydrogens is 349 g/mol. The Morgan fingerprint density at radius 1 is 1.33 bits per heavy atom. The number of benzene rings is 1. The van der Waals surface area contributed by atoms with Crippen LogP contribution in [-0.4, -0.2) is 50.5 Å². The molecule has 3 atom stereocenters. The number of hydrogen-bond acceptors (Lipinski definition) is 5. The number of alkyl halides is 1. The standard InChI is InChI=1S/C21H30FNO4/c1-4-26-21-11-17-15(10-20(21)25-3)7-9-23-13-16(6-5-8-22)19(12-18(17)23)27-14(2)24/h10-11,16,18-19H,4-9,12-13H2,1-3H3/t16-,18-,19-/m1/s1. The first kappa shape index (κ1) is 19.9. The molecule has 0 N–H and O–H groups in total. The number of hydrogen-bond donors (Lipinski definition) is 0. The van der Waals surface area contributed by atoms with Gasteiger partial charge in [-0.1, -0.05) is 0 Å². The molecular formula is C21H30FNO4. The van der Waals surface area contributed by atoms with Gasteiger partial charge in [-0.15, -0.1) is 0 Å². The van der Waals surface area contributed by atoms with Crippen molar-refractivity contribution >= 4 is 5.97 Å². The van der Waals surface area contributed by atoms with Crippen molar-refractivity contribution in [2.24, 2.45) is 5.92 Å². The number of methoxy groups -OCH3 is 1. The predicted octanol–water partition coefficient (Wildman–Crippen LogP) is 3.69. The molecule has 0 bridgehead atoms. The van der Waals surface area contributed by atoms with Gasteiger partial charge in [0.15, 0.2) is 11.5 Å². The Hall–Kier alpha value is -1.82. The second-order valence-electron chi connectivity index (χ2n) is 7.37. The Bertz CT molecular complexity index is 666. The minimum atomic E-state index is -0.326. The molecule has 1 aromatic carbocycles. The van der Waals surface area contributed by atoms with Gasteiger partial charge in [0.1, 0.15) is 6.10 Å². The molecule has 2 aliphatic heterocycles. The van der Waals surface area contributed by atoms with E-state index in [0.29, 0.717) is 13.0 Å². The molecule has 0 aromatic heterocycles. The first-order valence-electron chi connectivity index (χ1n) is 9.88. The van der Waals surface area contributed by atoms with Crippen LogP contribution in [0.15, 0.2) is 12.1 Å². The molecule has 0 amide bonds. The van der Waals surface area contributed by atoms with Crippen molar-refractivity contribution < 1.29 is 23.4 Å². The maximum Gasteiger partial charge on any atom is 0.302 e. The Kier molecular flexibility index (Phi) is 6.58. The summed E-state index contributed by atoms with van der Waals surface area (Å²) in [6.07, 6.45) is 2.78. The molecule has 0 aliphatic carbocycles. The van der Waals surface area contributed by atoms with Gasteiger partial charge in [-0.25, -0.2) is 0 Å². The van der Waals surface area contributed by atoms with E-state index < -0.39 is 0 Å². The van der Waals surface area contributed by atoms with Crippen LogP contribution in [0.25, 0.3) is 0 Å². The summed E-state index contributed by atoms with van der Waals surface area (Å²) in [5.41, 5.74) is 2.49. The maximum absolute atomic E-state index is 12.7. The van der Waals surface area contributed by atoms with Crippen molar-refractivity contribution in [2.75, 3.05) is 33.5 Å². The van der Waals surface area contributed by atoms with Gasteiger partial charge in [-0.3, -0.25) is 14.1 Å². The number of carbonyl (C=O) groups is 1. The van der Waals surface area contributed by atoms with Gasteiger partial charge in [0, 0.05) is 38.4 Å². The third-order valence-corrected chi connectivity index (χ3v) is 5.67. The predicted molar refractivity (Wildman–Crippen MR) is 101 cm³/mol. The van der Waals surface area contributed by atoms with Gasteiger partial charge in [0.2, 0.25) is 0 Å². The topological polar surface area (TPSA) is 48.0 Å². The van der Waals surface area contributed by atoms with Gasteiger partial charge < -0.3 is 14.2 Å². The highest BCUT2D eigenvalue weighted by molar-refractivity contribution is 5.66. The minimum absolute atomic E-state index is 0.168. The normalized spacial score (nSPS) is 24.7. The Balaban J connectivity index is 1.88. The minimum Gasteiger partial charge on any atom is -0.493 e. The fourth-order valence-corrected chi connectivity index (χ4v) is 4.49. The molecule has 2 heterocycles. The van der Waals surface area contributed by atoms with E-state index in [9.17, 15) is 9.18 Å². The van der Waals surface area contributed by atoms with Crippen LogP contribution in [0, 0.1) is 5.92 Å². The number of piperidine rings is 1. The van der Waals surface area contributed by atoms with Crippen molar-refractivity contribution in [1.82, 2.24) is 4.90 Å². The summed E-state index contributed by atoms with van der Waals surface area (Å²) in [4.78, 5) is 14.1. The van der Waals surface area contributed by atoms with Gasteiger partial charge in [0.25, 0.3) is 0 Å². The maximum atomic E-state index is 12.7. The third-order valence-electron chi connectivity index (χ3n) is 5.67. The highest BCUT2D eigenvalue weighted by atomic mass is 19.1. The highest BCUT2D eigenvalue weighted by Crippen LogP contribution is 2.44. The Morgan fingerprint density at radius 3 is 2.81 bits per heavy atom. The first-order valence-corrected chi connectivity index (χ1v) is 9.88. The lowest BCUT2D eigenvalue weighted by atomic mass is 9.80. The summed E-state index contributed by atoms with van der Waals surface area (Å²) in [5.74, 6) is 1.44. The van der Waals surface area contributed by atoms with Crippen LogP contribution >= 0.6 is 0 Å². The first-order chi connectivity index (χ1) is 13.1. The molecule has 150 valence electrons. The smallest absolute Gasteiger partial charge is 0.302 e. The van der Waals surface area contributed by atoms with Crippen molar-refractivity contribution in [3.63, 3.8) is 0 Å². The summed E-state index contributed by atoms with van der Waals surface area (Å²) in [6, 6.07) is 4.35. The highest BCUT2D eigenvalue weighted by Gasteiger charge is 2.40. The third kappa shape index (κ3) is 4.37. The van der Waals surface area contributed by atoms with E-state index in [1.165, 1.54) is 18.1 Å². The van der Waals surface area contributed by atoms with Crippen molar-refractivity contribution in [3.8, 4) is 11.5 Å². The average Bonchev–Trinajstić information content (AvgIpc) is 2.65. The number of nitrogens with zero attached hydrogens (tertiary/aromatic N) is 1. The second-order valence-corrected chi connectivity index (χ2v) is 7.37. The average molecular weight is 379 g/mol. The molecule has 1 fully saturated rings. The zero-order chi connectivity index (χ0) is 19.4. The van der Waals surface area contributed by atoms with E-state index in [0.717, 1.165) is 43.9 Å². The SMILES string of the molecule is CCOc1cc2c(cc1OC)CCN1C[C@@H](CCCF)[C@H](OC(C)=O)C[C@H]21. The molecule has 5 nitrogen and oxygen atoms in total. The fraction of sp³-hybridized carbons (Fsp3) is 0.667. The van der Waals surface area contributed by atoms with Crippen LogP contribution < -0.4 is 9.47 Å². The van der Waals surface area contributed by atoms with Gasteiger partial charge in [-0.2, -0.15) is 0 Å². The van der Waals surface area contributed by atoms with E-state index in [2.05, 4.69) is 17.0 Å². The zero-order valence-electron chi connectivity index (χ0n) is 16.5. The number of carbonyl (C=O) groups excluding carboxylic acids is 1. The van der Waals surface area contributed by atoms with E-state index in [1.807, 2.05) is 6.92 Å². The van der Waals surface area contributed by atoms with Crippen LogP contribution in [0.4, 0.5) is 4.39 Å². The summed E-state index contributed by atoms with van der Waals surface area (Å²) >= 11 is 0. The number of halogens is 1. The van der Waals surface area contributed by atoms with E-state index in [-0.39, 0.29) is 30.7 Å². The summed E-state index contributed by atoms with van der Waals surface area (Å²) < 4.78 is 29.6. The van der Waals surface area contributed by atoms with E-state index in [1.54, 1.807) is 7.11 Å². The monoisotopic (exact) mass is 379 g/mol. The van der Waals surface area contributed by atoms with Crippen molar-refractivity contribution in [3.05, 3.63) is 23.3 Å². The Labute approximate surface area is 160 Å². The van der Waals surface area contributed by atoms with Crippen LogP contribution in [-0.2, 0) is 16.0 Å². The van der Waals surface area contributed by atoms with E-state index in [4.69, 9.17) is 14.2 Å². The fourth-order valence-electron chi connectivity index (χ4n) is 4.49. The zero-order valence-corrected chi connectivity index (χ0v) is 16.5. The van der Waals surface area contributed by atoms with E-state index >= 15 is 0 Å². The largest absolute Gasteiger partial charge is 0.493 e. The molecule has 6 heteroatoms. The molecule has 3 rings (SSSR count). The van der Waals surface area contributed by atoms with Gasteiger partial charge >= 0.3 is 5.97 Å². The molecule has 0 spiro atoms. The molecule has 0 saturated carbocycles. The lowest BCUT2D eigenvalue weighted by Crippen LogP contribution is -2.49. The van der Waals surface area contributed by atoms with Gasteiger partial charge in [-0.05, 0) is 49.4 Å². The van der Waals surface area contributed by atoms with Crippen molar-refractivity contribution in [1.29, 1.82) is 0 Å². The lowest BCUT2D eigenvalue weighted by molar-refractivity contribution is -0.154. The number of fused-ring (bicyclic) bond motifs is 3. The summed E-state index contributed by atoms with van der Waals surface area (Å²) in [5, 5.41) is 0. The quantitative estimate of drug-likeness (QED) is 0.676. The molecule has 0 unspecified atom stereocenters. The summed E-state index contributed by atoms with van der Waals surface area (Å²) in [6.45, 7) is 5.44. The summed E-state index contributed by atoms with van der Waals surface area (Å²) in [7, 11) is 1.66. The van der Waals surface area contributed by atoms with Crippen LogP contribution in [0.3, 0.4) is 0 Å². The number of ether oxygens (including phenoxy) is 3. The Morgan fingerprint density at radius 2 is 2.15 bits per heavy atom. The van der Waals surface area contributed by atoms with Crippen molar-refractivity contribution in [2.45, 2.75) is 51.7 Å². The molecule has 1 aromatic rings.